The van der Waals surface area contributed by atoms with Gasteiger partial charge in [0.1, 0.15) is 12.1 Å². The number of hydrogen-bond acceptors (Lipinski definition) is 6. The lowest BCUT2D eigenvalue weighted by Gasteiger charge is -2.08. The Labute approximate surface area is 159 Å². The van der Waals surface area contributed by atoms with Crippen LogP contribution in [0.4, 0.5) is 11.8 Å². The molecule has 2 aromatic heterocycles. The van der Waals surface area contributed by atoms with E-state index in [9.17, 15) is 4.79 Å². The van der Waals surface area contributed by atoms with Crippen molar-refractivity contribution in [3.05, 3.63) is 71.6 Å². The van der Waals surface area contributed by atoms with Gasteiger partial charge < -0.3 is 5.73 Å². The van der Waals surface area contributed by atoms with Gasteiger partial charge >= 0.3 is 0 Å². The van der Waals surface area contributed by atoms with Gasteiger partial charge in [-0.25, -0.2) is 15.0 Å². The highest BCUT2D eigenvalue weighted by Crippen LogP contribution is 2.30. The fourth-order valence-corrected chi connectivity index (χ4v) is 2.89. The highest BCUT2D eigenvalue weighted by molar-refractivity contribution is 6.34. The molecule has 0 aliphatic rings. The average molecular weight is 377 g/mol. The molecule has 4 rings (SSSR count). The summed E-state index contributed by atoms with van der Waals surface area (Å²) in [5.74, 6) is 0.336. The molecule has 27 heavy (non-hydrogen) atoms. The van der Waals surface area contributed by atoms with E-state index in [1.807, 2.05) is 36.4 Å². The fourth-order valence-electron chi connectivity index (χ4n) is 2.63. The van der Waals surface area contributed by atoms with Crippen molar-refractivity contribution >= 4 is 40.0 Å². The van der Waals surface area contributed by atoms with E-state index in [4.69, 9.17) is 17.3 Å². The van der Waals surface area contributed by atoms with Crippen LogP contribution in [0, 0.1) is 0 Å². The smallest absolute Gasteiger partial charge is 0.258 e. The third kappa shape index (κ3) is 3.54. The van der Waals surface area contributed by atoms with E-state index >= 15 is 0 Å². The SMILES string of the molecule is Nc1cc(C(=O)Nc2ncnc(-c3cc4ccccc4cc3Cl)n2)ccn1. The first-order valence-corrected chi connectivity index (χ1v) is 8.38. The largest absolute Gasteiger partial charge is 0.384 e. The third-order valence-electron chi connectivity index (χ3n) is 3.92. The molecule has 0 aliphatic heterocycles. The number of benzene rings is 2. The summed E-state index contributed by atoms with van der Waals surface area (Å²) in [5.41, 5.74) is 6.61. The Hall–Kier alpha value is -3.58. The fraction of sp³-hybridized carbons (Fsp3) is 0. The quantitative estimate of drug-likeness (QED) is 0.566. The Morgan fingerprint density at radius 3 is 2.56 bits per heavy atom. The zero-order valence-corrected chi connectivity index (χ0v) is 14.7. The van der Waals surface area contributed by atoms with E-state index in [0.29, 0.717) is 22.0 Å². The van der Waals surface area contributed by atoms with Gasteiger partial charge in [0, 0.05) is 17.3 Å². The summed E-state index contributed by atoms with van der Waals surface area (Å²) in [6.45, 7) is 0. The Bertz CT molecular complexity index is 1160. The summed E-state index contributed by atoms with van der Waals surface area (Å²) in [6, 6.07) is 14.6. The summed E-state index contributed by atoms with van der Waals surface area (Å²) in [4.78, 5) is 28.7. The number of carbonyl (C=O) groups is 1. The maximum absolute atomic E-state index is 12.3. The van der Waals surface area contributed by atoms with Gasteiger partial charge in [0.25, 0.3) is 5.91 Å². The first-order chi connectivity index (χ1) is 13.1. The summed E-state index contributed by atoms with van der Waals surface area (Å²) in [6.07, 6.45) is 2.78. The lowest BCUT2D eigenvalue weighted by molar-refractivity contribution is 0.102. The number of amides is 1. The lowest BCUT2D eigenvalue weighted by Crippen LogP contribution is -2.15. The molecule has 0 spiro atoms. The molecule has 3 N–H and O–H groups in total. The highest BCUT2D eigenvalue weighted by Gasteiger charge is 2.12. The molecule has 132 valence electrons. The zero-order chi connectivity index (χ0) is 18.8. The second-order valence-electron chi connectivity index (χ2n) is 5.74. The minimum absolute atomic E-state index is 0.115. The molecule has 1 amide bonds. The number of aromatic nitrogens is 4. The van der Waals surface area contributed by atoms with Crippen LogP contribution in [0.2, 0.25) is 5.02 Å². The highest BCUT2D eigenvalue weighted by atomic mass is 35.5. The molecule has 4 aromatic rings. The van der Waals surface area contributed by atoms with Crippen LogP contribution in [-0.4, -0.2) is 25.8 Å². The van der Waals surface area contributed by atoms with Crippen molar-refractivity contribution in [2.45, 2.75) is 0 Å². The number of halogens is 1. The van der Waals surface area contributed by atoms with E-state index in [2.05, 4.69) is 25.3 Å². The van der Waals surface area contributed by atoms with Gasteiger partial charge in [0.05, 0.1) is 5.02 Å². The number of nitrogens with one attached hydrogen (secondary N) is 1. The Morgan fingerprint density at radius 2 is 1.78 bits per heavy atom. The normalized spacial score (nSPS) is 10.7. The van der Waals surface area contributed by atoms with Crippen molar-refractivity contribution in [3.63, 3.8) is 0 Å². The third-order valence-corrected chi connectivity index (χ3v) is 4.23. The van der Waals surface area contributed by atoms with Crippen molar-refractivity contribution in [3.8, 4) is 11.4 Å². The summed E-state index contributed by atoms with van der Waals surface area (Å²) < 4.78 is 0. The summed E-state index contributed by atoms with van der Waals surface area (Å²) in [5, 5.41) is 5.16. The minimum Gasteiger partial charge on any atom is -0.384 e. The zero-order valence-electron chi connectivity index (χ0n) is 13.9. The number of nitrogen functional groups attached to an aromatic ring is 1. The van der Waals surface area contributed by atoms with Crippen LogP contribution in [0.3, 0.4) is 0 Å². The molecule has 0 saturated heterocycles. The van der Waals surface area contributed by atoms with Crippen LogP contribution in [-0.2, 0) is 0 Å². The molecule has 2 aromatic carbocycles. The predicted octanol–water partition coefficient (Wildman–Crippen LogP) is 3.57. The maximum atomic E-state index is 12.3. The van der Waals surface area contributed by atoms with E-state index in [-0.39, 0.29) is 11.8 Å². The van der Waals surface area contributed by atoms with Crippen LogP contribution in [0.1, 0.15) is 10.4 Å². The molecule has 7 nitrogen and oxygen atoms in total. The minimum atomic E-state index is -0.397. The molecule has 0 fully saturated rings. The van der Waals surface area contributed by atoms with E-state index in [0.717, 1.165) is 10.8 Å². The molecule has 0 radical (unpaired) electrons. The van der Waals surface area contributed by atoms with Crippen molar-refractivity contribution in [2.24, 2.45) is 0 Å². The molecule has 8 heteroatoms. The van der Waals surface area contributed by atoms with Crippen molar-refractivity contribution in [2.75, 3.05) is 11.1 Å². The van der Waals surface area contributed by atoms with Crippen LogP contribution in [0.15, 0.2) is 61.1 Å². The second-order valence-corrected chi connectivity index (χ2v) is 6.14. The van der Waals surface area contributed by atoms with Gasteiger partial charge in [-0.2, -0.15) is 4.98 Å². The van der Waals surface area contributed by atoms with Crippen LogP contribution >= 0.6 is 11.6 Å². The van der Waals surface area contributed by atoms with Gasteiger partial charge in [0.2, 0.25) is 5.95 Å². The van der Waals surface area contributed by atoms with Crippen molar-refractivity contribution in [1.29, 1.82) is 0 Å². The van der Waals surface area contributed by atoms with E-state index < -0.39 is 5.91 Å². The molecule has 0 bridgehead atoms. The molecule has 2 heterocycles. The first kappa shape index (κ1) is 16.9. The van der Waals surface area contributed by atoms with Crippen molar-refractivity contribution in [1.82, 2.24) is 19.9 Å². The number of anilines is 2. The monoisotopic (exact) mass is 376 g/mol. The van der Waals surface area contributed by atoms with Crippen LogP contribution in [0.5, 0.6) is 0 Å². The summed E-state index contributed by atoms with van der Waals surface area (Å²) >= 11 is 6.40. The topological polar surface area (TPSA) is 107 Å². The van der Waals surface area contributed by atoms with Crippen LogP contribution < -0.4 is 11.1 Å². The number of fused-ring (bicyclic) bond motifs is 1. The first-order valence-electron chi connectivity index (χ1n) is 8.01. The van der Waals surface area contributed by atoms with E-state index in [1.165, 1.54) is 18.6 Å². The Morgan fingerprint density at radius 1 is 1.00 bits per heavy atom. The van der Waals surface area contributed by atoms with Gasteiger partial charge in [0.15, 0.2) is 5.82 Å². The van der Waals surface area contributed by atoms with Gasteiger partial charge in [-0.05, 0) is 35.0 Å². The molecular weight excluding hydrogens is 364 g/mol. The van der Waals surface area contributed by atoms with Crippen LogP contribution in [0.25, 0.3) is 22.2 Å². The number of rotatable bonds is 3. The second kappa shape index (κ2) is 6.97. The molecule has 0 unspecified atom stereocenters. The van der Waals surface area contributed by atoms with Crippen molar-refractivity contribution < 1.29 is 4.79 Å². The number of carbonyl (C=O) groups excluding carboxylic acids is 1. The average Bonchev–Trinajstić information content (AvgIpc) is 2.67. The van der Waals surface area contributed by atoms with Gasteiger partial charge in [-0.1, -0.05) is 35.9 Å². The standard InChI is InChI=1S/C19H13ClN6O/c20-15-8-12-4-2-1-3-11(12)7-14(15)17-23-10-24-19(25-17)26-18(27)13-5-6-22-16(21)9-13/h1-10H,(H2,21,22)(H,23,24,25,26,27). The van der Waals surface area contributed by atoms with Gasteiger partial charge in [-0.15, -0.1) is 0 Å². The number of nitrogens with zero attached hydrogens (tertiary/aromatic N) is 4. The lowest BCUT2D eigenvalue weighted by atomic mass is 10.1. The van der Waals surface area contributed by atoms with E-state index in [1.54, 1.807) is 6.07 Å². The molecule has 0 aliphatic carbocycles. The number of nitrogens with two attached hydrogens (primary N) is 1. The Kier molecular flexibility index (Phi) is 4.35. The van der Waals surface area contributed by atoms with Gasteiger partial charge in [-0.3, -0.25) is 10.1 Å². The number of pyridine rings is 1. The molecular formula is C19H13ClN6O. The maximum Gasteiger partial charge on any atom is 0.258 e. The predicted molar refractivity (Wildman–Crippen MR) is 104 cm³/mol. The number of hydrogen-bond donors (Lipinski definition) is 2. The molecule has 0 saturated carbocycles. The molecule has 0 atom stereocenters. The Balaban J connectivity index is 1.67. The summed E-state index contributed by atoms with van der Waals surface area (Å²) in [7, 11) is 0.